The minimum absolute atomic E-state index is 0.122. The van der Waals surface area contributed by atoms with Crippen molar-refractivity contribution in [2.75, 3.05) is 0 Å². The number of nitrogens with zero attached hydrogens (tertiary/aromatic N) is 2. The second-order valence-corrected chi connectivity index (χ2v) is 6.21. The van der Waals surface area contributed by atoms with Crippen LogP contribution in [0.4, 0.5) is 0 Å². The zero-order valence-electron chi connectivity index (χ0n) is 13.4. The number of fused-ring (bicyclic) bond motifs is 3. The number of hydrogen-bond acceptors (Lipinski definition) is 5. The zero-order chi connectivity index (χ0) is 17.3. The van der Waals surface area contributed by atoms with Gasteiger partial charge in [-0.1, -0.05) is 0 Å². The molecule has 5 heteroatoms. The lowest BCUT2D eigenvalue weighted by atomic mass is 9.93. The highest BCUT2D eigenvalue weighted by molar-refractivity contribution is 5.47. The van der Waals surface area contributed by atoms with Crippen molar-refractivity contribution >= 4 is 0 Å². The molecule has 0 radical (unpaired) electrons. The van der Waals surface area contributed by atoms with Crippen molar-refractivity contribution in [3.8, 4) is 23.6 Å². The number of epoxide rings is 1. The van der Waals surface area contributed by atoms with Gasteiger partial charge >= 0.3 is 0 Å². The Bertz CT molecular complexity index is 844. The number of hydrogen-bond donors (Lipinski definition) is 1. The molecule has 0 saturated carbocycles. The van der Waals surface area contributed by atoms with E-state index in [1.165, 1.54) is 12.1 Å². The molecule has 2 aliphatic rings. The number of aromatic hydroxyl groups is 1. The molecule has 120 valence electrons. The van der Waals surface area contributed by atoms with Crippen molar-refractivity contribution in [2.45, 2.75) is 31.7 Å². The van der Waals surface area contributed by atoms with Gasteiger partial charge in [-0.2, -0.15) is 10.5 Å². The Labute approximate surface area is 140 Å². The third-order valence-corrected chi connectivity index (χ3v) is 3.99. The summed E-state index contributed by atoms with van der Waals surface area (Å²) >= 11 is 0. The third-order valence-electron chi connectivity index (χ3n) is 3.99. The fourth-order valence-electron chi connectivity index (χ4n) is 2.69. The fourth-order valence-corrected chi connectivity index (χ4v) is 2.69. The average Bonchev–Trinajstić information content (AvgIpc) is 3.38. The number of benzene rings is 2. The maximum absolute atomic E-state index is 8.81. The summed E-state index contributed by atoms with van der Waals surface area (Å²) < 4.78 is 11.4. The Kier molecular flexibility index (Phi) is 3.89. The van der Waals surface area contributed by atoms with Crippen LogP contribution in [-0.2, 0) is 4.74 Å². The van der Waals surface area contributed by atoms with Crippen molar-refractivity contribution in [3.63, 3.8) is 0 Å². The molecular formula is C19H16N2O3. The van der Waals surface area contributed by atoms with Crippen LogP contribution in [0.1, 0.15) is 36.6 Å². The predicted molar refractivity (Wildman–Crippen MR) is 86.3 cm³/mol. The molecule has 1 fully saturated rings. The molecule has 24 heavy (non-hydrogen) atoms. The lowest BCUT2D eigenvalue weighted by molar-refractivity contribution is 0.0725. The van der Waals surface area contributed by atoms with E-state index in [0.717, 1.165) is 11.3 Å². The van der Waals surface area contributed by atoms with Crippen molar-refractivity contribution in [3.05, 3.63) is 59.2 Å². The predicted octanol–water partition coefficient (Wildman–Crippen LogP) is 3.43. The van der Waals surface area contributed by atoms with E-state index in [0.29, 0.717) is 11.1 Å². The van der Waals surface area contributed by atoms with E-state index in [4.69, 9.17) is 25.1 Å². The monoisotopic (exact) mass is 320 g/mol. The van der Waals surface area contributed by atoms with E-state index in [1.54, 1.807) is 18.2 Å². The molecule has 4 rings (SSSR count). The maximum atomic E-state index is 8.81. The molecule has 1 saturated heterocycles. The molecule has 2 aromatic rings. The average molecular weight is 320 g/mol. The Hall–Kier alpha value is -3.02. The van der Waals surface area contributed by atoms with E-state index in [9.17, 15) is 0 Å². The summed E-state index contributed by atoms with van der Waals surface area (Å²) in [5.41, 5.74) is 1.98. The second kappa shape index (κ2) is 5.88. The number of phenols is 1. The molecule has 0 amide bonds. The van der Waals surface area contributed by atoms with Gasteiger partial charge in [0, 0.05) is 5.56 Å². The summed E-state index contributed by atoms with van der Waals surface area (Å²) in [6.07, 6.45) is 0.260. The SMILES string of the molecule is CC1(C)Oc2ccc(C#N)cc2C2OC21.N#Cc1ccc(O)cc1. The van der Waals surface area contributed by atoms with Gasteiger partial charge in [0.2, 0.25) is 0 Å². The highest BCUT2D eigenvalue weighted by atomic mass is 16.6. The molecule has 0 aliphatic carbocycles. The Balaban J connectivity index is 0.000000162. The summed E-state index contributed by atoms with van der Waals surface area (Å²) in [4.78, 5) is 0. The van der Waals surface area contributed by atoms with Crippen molar-refractivity contribution in [1.29, 1.82) is 10.5 Å². The Morgan fingerprint density at radius 1 is 1.00 bits per heavy atom. The van der Waals surface area contributed by atoms with Gasteiger partial charge in [-0.3, -0.25) is 0 Å². The highest BCUT2D eigenvalue weighted by Crippen LogP contribution is 2.53. The normalized spacial score (nSPS) is 21.5. The molecule has 2 aliphatic heterocycles. The summed E-state index contributed by atoms with van der Waals surface area (Å²) in [5, 5.41) is 25.8. The van der Waals surface area contributed by atoms with Gasteiger partial charge in [0.05, 0.1) is 23.3 Å². The van der Waals surface area contributed by atoms with Crippen LogP contribution in [0, 0.1) is 22.7 Å². The van der Waals surface area contributed by atoms with Crippen LogP contribution in [0.3, 0.4) is 0 Å². The summed E-state index contributed by atoms with van der Waals surface area (Å²) in [6.45, 7) is 4.05. The lowest BCUT2D eigenvalue weighted by Gasteiger charge is -2.29. The fraction of sp³-hybridized carbons (Fsp3) is 0.263. The molecule has 2 atom stereocenters. The molecular weight excluding hydrogens is 304 g/mol. The number of nitriles is 2. The van der Waals surface area contributed by atoms with Crippen LogP contribution in [-0.4, -0.2) is 16.8 Å². The Morgan fingerprint density at radius 2 is 1.62 bits per heavy atom. The van der Waals surface area contributed by atoms with Gasteiger partial charge in [-0.25, -0.2) is 0 Å². The quantitative estimate of drug-likeness (QED) is 0.751. The molecule has 0 aromatic heterocycles. The van der Waals surface area contributed by atoms with Gasteiger partial charge in [0.15, 0.2) is 0 Å². The molecule has 0 spiro atoms. The molecule has 0 bridgehead atoms. The van der Waals surface area contributed by atoms with Crippen LogP contribution in [0.25, 0.3) is 0 Å². The van der Waals surface area contributed by atoms with Crippen LogP contribution in [0.5, 0.6) is 11.5 Å². The van der Waals surface area contributed by atoms with Crippen LogP contribution in [0.2, 0.25) is 0 Å². The van der Waals surface area contributed by atoms with Gasteiger partial charge in [0.1, 0.15) is 29.3 Å². The van der Waals surface area contributed by atoms with E-state index in [2.05, 4.69) is 6.07 Å². The first-order valence-electron chi connectivity index (χ1n) is 7.52. The number of rotatable bonds is 0. The van der Waals surface area contributed by atoms with Gasteiger partial charge < -0.3 is 14.6 Å². The largest absolute Gasteiger partial charge is 0.508 e. The van der Waals surface area contributed by atoms with Crippen molar-refractivity contribution in [1.82, 2.24) is 0 Å². The lowest BCUT2D eigenvalue weighted by Crippen LogP contribution is -2.37. The third kappa shape index (κ3) is 3.03. The Morgan fingerprint density at radius 3 is 2.25 bits per heavy atom. The molecule has 2 aromatic carbocycles. The highest BCUT2D eigenvalue weighted by Gasteiger charge is 2.56. The smallest absolute Gasteiger partial charge is 0.132 e. The van der Waals surface area contributed by atoms with Crippen molar-refractivity contribution < 1.29 is 14.6 Å². The molecule has 2 unspecified atom stereocenters. The van der Waals surface area contributed by atoms with Gasteiger partial charge in [0.25, 0.3) is 0 Å². The maximum Gasteiger partial charge on any atom is 0.132 e. The summed E-state index contributed by atoms with van der Waals surface area (Å²) in [7, 11) is 0. The van der Waals surface area contributed by atoms with Crippen LogP contribution < -0.4 is 4.74 Å². The van der Waals surface area contributed by atoms with Gasteiger partial charge in [-0.05, 0) is 56.3 Å². The first-order valence-corrected chi connectivity index (χ1v) is 7.52. The summed E-state index contributed by atoms with van der Waals surface area (Å²) in [5.74, 6) is 1.03. The standard InChI is InChI=1S/C12H11NO2.C7H5NO/c1-12(2)11-10(14-11)8-5-7(6-13)3-4-9(8)15-12;8-5-6-1-3-7(9)4-2-6/h3-5,10-11H,1-2H3;1-4,9H. The van der Waals surface area contributed by atoms with Crippen molar-refractivity contribution in [2.24, 2.45) is 0 Å². The zero-order valence-corrected chi connectivity index (χ0v) is 13.4. The van der Waals surface area contributed by atoms with E-state index < -0.39 is 0 Å². The molecule has 2 heterocycles. The second-order valence-electron chi connectivity index (χ2n) is 6.21. The van der Waals surface area contributed by atoms with Gasteiger partial charge in [-0.15, -0.1) is 0 Å². The minimum Gasteiger partial charge on any atom is -0.508 e. The number of ether oxygens (including phenoxy) is 2. The van der Waals surface area contributed by atoms with E-state index in [-0.39, 0.29) is 23.6 Å². The van der Waals surface area contributed by atoms with E-state index in [1.807, 2.05) is 32.0 Å². The first kappa shape index (κ1) is 15.9. The molecule has 5 nitrogen and oxygen atoms in total. The molecule has 1 N–H and O–H groups in total. The number of phenolic OH excluding ortho intramolecular Hbond substituents is 1. The van der Waals surface area contributed by atoms with Crippen LogP contribution >= 0.6 is 0 Å². The minimum atomic E-state index is -0.258. The topological polar surface area (TPSA) is 89.6 Å². The van der Waals surface area contributed by atoms with Crippen LogP contribution in [0.15, 0.2) is 42.5 Å². The van der Waals surface area contributed by atoms with E-state index >= 15 is 0 Å². The summed E-state index contributed by atoms with van der Waals surface area (Å²) in [6, 6.07) is 15.7. The first-order chi connectivity index (χ1) is 11.4.